The zero-order valence-corrected chi connectivity index (χ0v) is 17.0. The highest BCUT2D eigenvalue weighted by Crippen LogP contribution is 2.44. The van der Waals surface area contributed by atoms with Gasteiger partial charge in [-0.15, -0.1) is 0 Å². The predicted molar refractivity (Wildman–Crippen MR) is 106 cm³/mol. The van der Waals surface area contributed by atoms with Crippen LogP contribution in [0, 0.1) is 5.92 Å². The number of rotatable bonds is 5. The van der Waals surface area contributed by atoms with Crippen LogP contribution in [-0.2, 0) is 16.4 Å². The topological polar surface area (TPSA) is 75.9 Å². The normalized spacial score (nSPS) is 28.9. The van der Waals surface area contributed by atoms with Crippen molar-refractivity contribution in [3.8, 4) is 5.75 Å². The van der Waals surface area contributed by atoms with E-state index in [0.29, 0.717) is 25.4 Å². The van der Waals surface area contributed by atoms with E-state index in [-0.39, 0.29) is 17.8 Å². The lowest BCUT2D eigenvalue weighted by Crippen LogP contribution is -2.57. The maximum atomic E-state index is 12.9. The maximum Gasteiger partial charge on any atom is 0.214 e. The lowest BCUT2D eigenvalue weighted by atomic mass is 9.77. The third-order valence-electron chi connectivity index (χ3n) is 6.59. The Bertz CT molecular complexity index is 783. The molecule has 0 bridgehead atoms. The van der Waals surface area contributed by atoms with Crippen molar-refractivity contribution in [2.24, 2.45) is 11.7 Å². The van der Waals surface area contributed by atoms with E-state index in [1.807, 2.05) is 10.4 Å². The molecule has 3 heterocycles. The lowest BCUT2D eigenvalue weighted by molar-refractivity contribution is 0.0219. The van der Waals surface area contributed by atoms with Gasteiger partial charge in [0.25, 0.3) is 0 Å². The van der Waals surface area contributed by atoms with Crippen LogP contribution in [0.5, 0.6) is 5.75 Å². The van der Waals surface area contributed by atoms with Gasteiger partial charge in [-0.05, 0) is 67.8 Å². The fourth-order valence-corrected chi connectivity index (χ4v) is 7.08. The molecular formula is C20H31N3O3S. The number of sulfonamides is 1. The van der Waals surface area contributed by atoms with Gasteiger partial charge < -0.3 is 10.5 Å². The van der Waals surface area contributed by atoms with Crippen molar-refractivity contribution in [1.82, 2.24) is 9.21 Å². The molecule has 2 fully saturated rings. The van der Waals surface area contributed by atoms with Crippen molar-refractivity contribution in [2.75, 3.05) is 39.0 Å². The minimum atomic E-state index is -3.23. The minimum Gasteiger partial charge on any atom is -0.497 e. The second-order valence-electron chi connectivity index (χ2n) is 8.10. The van der Waals surface area contributed by atoms with E-state index in [4.69, 9.17) is 10.5 Å². The fourth-order valence-electron chi connectivity index (χ4n) is 5.23. The van der Waals surface area contributed by atoms with Crippen LogP contribution in [0.2, 0.25) is 0 Å². The molecule has 0 spiro atoms. The van der Waals surface area contributed by atoms with E-state index >= 15 is 0 Å². The quantitative estimate of drug-likeness (QED) is 0.825. The van der Waals surface area contributed by atoms with Crippen LogP contribution in [-0.4, -0.2) is 62.7 Å². The summed E-state index contributed by atoms with van der Waals surface area (Å²) in [6.07, 6.45) is 4.57. The smallest absolute Gasteiger partial charge is 0.214 e. The summed E-state index contributed by atoms with van der Waals surface area (Å²) in [7, 11) is -1.53. The first-order chi connectivity index (χ1) is 13.0. The van der Waals surface area contributed by atoms with Gasteiger partial charge in [0.2, 0.25) is 10.0 Å². The Morgan fingerprint density at radius 2 is 2.15 bits per heavy atom. The van der Waals surface area contributed by atoms with E-state index in [9.17, 15) is 8.42 Å². The molecule has 3 aliphatic heterocycles. The molecule has 2 N–H and O–H groups in total. The van der Waals surface area contributed by atoms with Gasteiger partial charge in [0.15, 0.2) is 0 Å². The number of hydrogen-bond donors (Lipinski definition) is 1. The Morgan fingerprint density at radius 3 is 2.93 bits per heavy atom. The summed E-state index contributed by atoms with van der Waals surface area (Å²) < 4.78 is 33.2. The van der Waals surface area contributed by atoms with Crippen LogP contribution in [0.1, 0.15) is 42.9 Å². The van der Waals surface area contributed by atoms with Crippen molar-refractivity contribution in [1.29, 1.82) is 0 Å². The van der Waals surface area contributed by atoms with Crippen LogP contribution in [0.3, 0.4) is 0 Å². The molecule has 6 nitrogen and oxygen atoms in total. The Morgan fingerprint density at radius 1 is 1.30 bits per heavy atom. The molecule has 0 saturated carbocycles. The van der Waals surface area contributed by atoms with Gasteiger partial charge in [-0.3, -0.25) is 4.90 Å². The summed E-state index contributed by atoms with van der Waals surface area (Å²) in [5.41, 5.74) is 8.27. The third kappa shape index (κ3) is 3.62. The molecule has 4 rings (SSSR count). The van der Waals surface area contributed by atoms with E-state index in [0.717, 1.165) is 44.5 Å². The highest BCUT2D eigenvalue weighted by Gasteiger charge is 2.45. The zero-order chi connectivity index (χ0) is 19.0. The molecule has 0 unspecified atom stereocenters. The highest BCUT2D eigenvalue weighted by molar-refractivity contribution is 7.89. The number of nitrogens with two attached hydrogens (primary N) is 1. The first-order valence-electron chi connectivity index (χ1n) is 10.1. The predicted octanol–water partition coefficient (Wildman–Crippen LogP) is 1.76. The average Bonchev–Trinajstić information content (AvgIpc) is 2.69. The first-order valence-corrected chi connectivity index (χ1v) is 11.7. The van der Waals surface area contributed by atoms with Gasteiger partial charge in [-0.2, -0.15) is 4.31 Å². The van der Waals surface area contributed by atoms with Crippen LogP contribution >= 0.6 is 0 Å². The van der Waals surface area contributed by atoms with Gasteiger partial charge >= 0.3 is 0 Å². The van der Waals surface area contributed by atoms with Crippen LogP contribution < -0.4 is 10.5 Å². The monoisotopic (exact) mass is 393 g/mol. The fraction of sp³-hybridized carbons (Fsp3) is 0.700. The van der Waals surface area contributed by atoms with E-state index in [2.05, 4.69) is 17.0 Å². The van der Waals surface area contributed by atoms with Crippen molar-refractivity contribution in [2.45, 2.75) is 44.2 Å². The van der Waals surface area contributed by atoms with Gasteiger partial charge in [-0.25, -0.2) is 8.42 Å². The molecule has 0 aromatic heterocycles. The summed E-state index contributed by atoms with van der Waals surface area (Å²) in [5, 5.41) is 0. The number of hydrogen-bond acceptors (Lipinski definition) is 5. The first kappa shape index (κ1) is 19.2. The van der Waals surface area contributed by atoms with Crippen molar-refractivity contribution in [3.05, 3.63) is 29.3 Å². The van der Waals surface area contributed by atoms with Crippen LogP contribution in [0.25, 0.3) is 0 Å². The number of methoxy groups -OCH3 is 1. The lowest BCUT2D eigenvalue weighted by Gasteiger charge is -2.51. The largest absolute Gasteiger partial charge is 0.497 e. The molecule has 2 saturated heterocycles. The highest BCUT2D eigenvalue weighted by atomic mass is 32.2. The van der Waals surface area contributed by atoms with Crippen LogP contribution in [0.15, 0.2) is 18.2 Å². The summed E-state index contributed by atoms with van der Waals surface area (Å²) in [6.45, 7) is 3.14. The van der Waals surface area contributed by atoms with Gasteiger partial charge in [0, 0.05) is 31.7 Å². The Kier molecular flexibility index (Phi) is 5.47. The van der Waals surface area contributed by atoms with Crippen molar-refractivity contribution in [3.63, 3.8) is 0 Å². The van der Waals surface area contributed by atoms with E-state index in [1.165, 1.54) is 11.1 Å². The summed E-state index contributed by atoms with van der Waals surface area (Å²) >= 11 is 0. The molecule has 0 amide bonds. The Balaban J connectivity index is 1.62. The second kappa shape index (κ2) is 7.70. The molecule has 1 aromatic rings. The van der Waals surface area contributed by atoms with Gasteiger partial charge in [0.05, 0.1) is 12.9 Å². The van der Waals surface area contributed by atoms with E-state index in [1.54, 1.807) is 7.11 Å². The molecule has 3 aliphatic rings. The third-order valence-corrected chi connectivity index (χ3v) is 8.56. The standard InChI is InChI=1S/C20H31N3O3S/c1-26-17-6-5-15-7-10-22-14-16-4-2-9-23(27(24,25)11-3-8-21)19(16)13-20(22)18(15)12-17/h5-6,12,16,19-20H,2-4,7-11,13-14,21H2,1H3/t16-,19+,20-/m0/s1. The van der Waals surface area contributed by atoms with Gasteiger partial charge in [-0.1, -0.05) is 6.07 Å². The maximum absolute atomic E-state index is 12.9. The molecule has 0 radical (unpaired) electrons. The zero-order valence-electron chi connectivity index (χ0n) is 16.1. The van der Waals surface area contributed by atoms with Crippen molar-refractivity contribution >= 4 is 10.0 Å². The summed E-state index contributed by atoms with van der Waals surface area (Å²) in [5.74, 6) is 1.49. The average molecular weight is 394 g/mol. The Hall–Kier alpha value is -1.15. The summed E-state index contributed by atoms with van der Waals surface area (Å²) in [4.78, 5) is 2.57. The van der Waals surface area contributed by atoms with Crippen LogP contribution in [0.4, 0.5) is 0 Å². The number of fused-ring (bicyclic) bond motifs is 4. The molecule has 1 aromatic carbocycles. The Labute approximate surface area is 162 Å². The summed E-state index contributed by atoms with van der Waals surface area (Å²) in [6, 6.07) is 6.76. The molecule has 7 heteroatoms. The molecule has 3 atom stereocenters. The molecule has 0 aliphatic carbocycles. The van der Waals surface area contributed by atoms with E-state index < -0.39 is 10.0 Å². The SMILES string of the molecule is COc1ccc2c(c1)[C@@H]1C[C@@H]3[C@@H](CCCN3S(=O)(=O)CCCN)CN1CC2. The molecule has 150 valence electrons. The minimum absolute atomic E-state index is 0.111. The van der Waals surface area contributed by atoms with Gasteiger partial charge in [0.1, 0.15) is 5.75 Å². The number of benzene rings is 1. The van der Waals surface area contributed by atoms with Crippen molar-refractivity contribution < 1.29 is 13.2 Å². The number of ether oxygens (including phenoxy) is 1. The number of piperidine rings is 2. The second-order valence-corrected chi connectivity index (χ2v) is 10.1. The molecular weight excluding hydrogens is 362 g/mol. The molecule has 27 heavy (non-hydrogen) atoms. The number of nitrogens with zero attached hydrogens (tertiary/aromatic N) is 2.